The predicted molar refractivity (Wildman–Crippen MR) is 42.7 cm³/mol. The average Bonchev–Trinajstić information content (AvgIpc) is 2.13. The standard InChI is InChI=1S/C9H16O/c1-7(2)9(4)5-8(3)10-6-9/h7H,3,5-6H2,1-2,4H3. The summed E-state index contributed by atoms with van der Waals surface area (Å²) >= 11 is 0. The van der Waals surface area contributed by atoms with Gasteiger partial charge < -0.3 is 4.74 Å². The number of hydrogen-bond acceptors (Lipinski definition) is 1. The largest absolute Gasteiger partial charge is 0.498 e. The van der Waals surface area contributed by atoms with Crippen LogP contribution in [0.5, 0.6) is 0 Å². The Balaban J connectivity index is 2.63. The topological polar surface area (TPSA) is 9.23 Å². The molecule has 0 saturated carbocycles. The van der Waals surface area contributed by atoms with Crippen LogP contribution < -0.4 is 0 Å². The predicted octanol–water partition coefficient (Wildman–Crippen LogP) is 2.58. The second-order valence-corrected chi connectivity index (χ2v) is 3.81. The zero-order valence-electron chi connectivity index (χ0n) is 7.11. The monoisotopic (exact) mass is 140 g/mol. The van der Waals surface area contributed by atoms with Crippen LogP contribution in [-0.2, 0) is 4.74 Å². The summed E-state index contributed by atoms with van der Waals surface area (Å²) in [5.74, 6) is 1.64. The summed E-state index contributed by atoms with van der Waals surface area (Å²) in [5.41, 5.74) is 0.344. The van der Waals surface area contributed by atoms with Crippen LogP contribution in [0.4, 0.5) is 0 Å². The van der Waals surface area contributed by atoms with E-state index >= 15 is 0 Å². The van der Waals surface area contributed by atoms with Crippen molar-refractivity contribution in [1.29, 1.82) is 0 Å². The molecule has 1 rings (SSSR count). The summed E-state index contributed by atoms with van der Waals surface area (Å²) in [7, 11) is 0. The van der Waals surface area contributed by atoms with Gasteiger partial charge in [-0.2, -0.15) is 0 Å². The van der Waals surface area contributed by atoms with E-state index < -0.39 is 0 Å². The maximum atomic E-state index is 5.34. The Morgan fingerprint density at radius 3 is 2.40 bits per heavy atom. The van der Waals surface area contributed by atoms with Crippen LogP contribution in [0.3, 0.4) is 0 Å². The third kappa shape index (κ3) is 1.18. The Hall–Kier alpha value is -0.460. The SMILES string of the molecule is C=C1CC(C)(C(C)C)CO1. The molecule has 0 N–H and O–H groups in total. The van der Waals surface area contributed by atoms with E-state index in [0.29, 0.717) is 11.3 Å². The zero-order valence-corrected chi connectivity index (χ0v) is 7.11. The highest BCUT2D eigenvalue weighted by molar-refractivity contribution is 4.99. The Labute approximate surface area is 63.1 Å². The van der Waals surface area contributed by atoms with Crippen molar-refractivity contribution in [2.45, 2.75) is 27.2 Å². The third-order valence-electron chi connectivity index (χ3n) is 2.60. The van der Waals surface area contributed by atoms with Gasteiger partial charge in [0.25, 0.3) is 0 Å². The van der Waals surface area contributed by atoms with E-state index in [1.807, 2.05) is 0 Å². The zero-order chi connectivity index (χ0) is 7.78. The van der Waals surface area contributed by atoms with Crippen molar-refractivity contribution < 1.29 is 4.74 Å². The number of ether oxygens (including phenoxy) is 1. The molecule has 0 amide bonds. The van der Waals surface area contributed by atoms with Crippen molar-refractivity contribution in [3.05, 3.63) is 12.3 Å². The van der Waals surface area contributed by atoms with E-state index in [9.17, 15) is 0 Å². The fourth-order valence-corrected chi connectivity index (χ4v) is 1.19. The summed E-state index contributed by atoms with van der Waals surface area (Å²) in [6.07, 6.45) is 1.03. The molecule has 0 aromatic heterocycles. The summed E-state index contributed by atoms with van der Waals surface area (Å²) in [6.45, 7) is 11.4. The molecule has 0 aromatic carbocycles. The van der Waals surface area contributed by atoms with E-state index in [2.05, 4.69) is 27.4 Å². The number of hydrogen-bond donors (Lipinski definition) is 0. The van der Waals surface area contributed by atoms with Gasteiger partial charge in [0.15, 0.2) is 0 Å². The Bertz CT molecular complexity index is 149. The normalized spacial score (nSPS) is 33.0. The lowest BCUT2D eigenvalue weighted by atomic mass is 9.78. The van der Waals surface area contributed by atoms with Crippen molar-refractivity contribution in [1.82, 2.24) is 0 Å². The van der Waals surface area contributed by atoms with E-state index in [4.69, 9.17) is 4.74 Å². The maximum Gasteiger partial charge on any atom is 0.0937 e. The van der Waals surface area contributed by atoms with Gasteiger partial charge in [-0.3, -0.25) is 0 Å². The highest BCUT2D eigenvalue weighted by Gasteiger charge is 2.35. The molecule has 1 aliphatic rings. The van der Waals surface area contributed by atoms with Gasteiger partial charge in [-0.05, 0) is 5.92 Å². The van der Waals surface area contributed by atoms with Crippen molar-refractivity contribution in [2.75, 3.05) is 6.61 Å². The lowest BCUT2D eigenvalue weighted by Crippen LogP contribution is -2.22. The first-order valence-corrected chi connectivity index (χ1v) is 3.85. The second-order valence-electron chi connectivity index (χ2n) is 3.81. The Morgan fingerprint density at radius 1 is 1.60 bits per heavy atom. The van der Waals surface area contributed by atoms with Gasteiger partial charge in [0.2, 0.25) is 0 Å². The number of allylic oxidation sites excluding steroid dienone is 1. The highest BCUT2D eigenvalue weighted by atomic mass is 16.5. The molecule has 1 heterocycles. The first kappa shape index (κ1) is 7.64. The maximum absolute atomic E-state index is 5.34. The fraction of sp³-hybridized carbons (Fsp3) is 0.778. The molecule has 0 aliphatic carbocycles. The first-order chi connectivity index (χ1) is 4.54. The Morgan fingerprint density at radius 2 is 2.20 bits per heavy atom. The molecule has 0 spiro atoms. The minimum atomic E-state index is 0.344. The molecule has 1 fully saturated rings. The van der Waals surface area contributed by atoms with Crippen LogP contribution in [0.25, 0.3) is 0 Å². The Kier molecular flexibility index (Phi) is 1.76. The van der Waals surface area contributed by atoms with Crippen molar-refractivity contribution in [3.63, 3.8) is 0 Å². The molecule has 1 heteroatoms. The van der Waals surface area contributed by atoms with E-state index in [1.165, 1.54) is 0 Å². The smallest absolute Gasteiger partial charge is 0.0937 e. The van der Waals surface area contributed by atoms with Crippen molar-refractivity contribution >= 4 is 0 Å². The molecule has 58 valence electrons. The molecule has 0 aromatic rings. The van der Waals surface area contributed by atoms with Gasteiger partial charge in [0.1, 0.15) is 0 Å². The summed E-state index contributed by atoms with van der Waals surface area (Å²) in [6, 6.07) is 0. The summed E-state index contributed by atoms with van der Waals surface area (Å²) in [5, 5.41) is 0. The molecule has 0 bridgehead atoms. The van der Waals surface area contributed by atoms with Gasteiger partial charge in [-0.1, -0.05) is 27.4 Å². The average molecular weight is 140 g/mol. The minimum Gasteiger partial charge on any atom is -0.498 e. The molecule has 1 aliphatic heterocycles. The van der Waals surface area contributed by atoms with Crippen molar-refractivity contribution in [2.24, 2.45) is 11.3 Å². The van der Waals surface area contributed by atoms with Gasteiger partial charge in [-0.25, -0.2) is 0 Å². The van der Waals surface area contributed by atoms with Gasteiger partial charge in [-0.15, -0.1) is 0 Å². The molecule has 1 unspecified atom stereocenters. The summed E-state index contributed by atoms with van der Waals surface area (Å²) in [4.78, 5) is 0. The molecular weight excluding hydrogens is 124 g/mol. The fourth-order valence-electron chi connectivity index (χ4n) is 1.19. The van der Waals surface area contributed by atoms with Gasteiger partial charge >= 0.3 is 0 Å². The quantitative estimate of drug-likeness (QED) is 0.544. The highest BCUT2D eigenvalue weighted by Crippen LogP contribution is 2.39. The lowest BCUT2D eigenvalue weighted by molar-refractivity contribution is 0.153. The van der Waals surface area contributed by atoms with Gasteiger partial charge in [0.05, 0.1) is 12.4 Å². The molecule has 1 saturated heterocycles. The number of rotatable bonds is 1. The van der Waals surface area contributed by atoms with Gasteiger partial charge in [0, 0.05) is 11.8 Å². The van der Waals surface area contributed by atoms with E-state index in [1.54, 1.807) is 0 Å². The van der Waals surface area contributed by atoms with Crippen LogP contribution in [0.2, 0.25) is 0 Å². The molecule has 0 radical (unpaired) electrons. The molecule has 1 atom stereocenters. The molecule has 1 nitrogen and oxygen atoms in total. The van der Waals surface area contributed by atoms with Crippen LogP contribution in [0.15, 0.2) is 12.3 Å². The second kappa shape index (κ2) is 2.30. The van der Waals surface area contributed by atoms with Crippen LogP contribution in [0.1, 0.15) is 27.2 Å². The lowest BCUT2D eigenvalue weighted by Gasteiger charge is -2.24. The summed E-state index contributed by atoms with van der Waals surface area (Å²) < 4.78 is 5.34. The first-order valence-electron chi connectivity index (χ1n) is 3.85. The van der Waals surface area contributed by atoms with E-state index in [0.717, 1.165) is 18.8 Å². The molecule has 10 heavy (non-hydrogen) atoms. The minimum absolute atomic E-state index is 0.344. The van der Waals surface area contributed by atoms with Crippen molar-refractivity contribution in [3.8, 4) is 0 Å². The third-order valence-corrected chi connectivity index (χ3v) is 2.60. The molecular formula is C9H16O. The van der Waals surface area contributed by atoms with Crippen LogP contribution in [0, 0.1) is 11.3 Å². The van der Waals surface area contributed by atoms with Crippen LogP contribution in [-0.4, -0.2) is 6.61 Å². The van der Waals surface area contributed by atoms with E-state index in [-0.39, 0.29) is 0 Å². The van der Waals surface area contributed by atoms with Crippen LogP contribution >= 0.6 is 0 Å².